The van der Waals surface area contributed by atoms with Crippen LogP contribution in [0.5, 0.6) is 0 Å². The first-order valence-electron chi connectivity index (χ1n) is 7.33. The molecule has 4 rings (SSSR count). The number of amides is 1. The lowest BCUT2D eigenvalue weighted by molar-refractivity contribution is 0.100. The van der Waals surface area contributed by atoms with Crippen LogP contribution in [-0.2, 0) is 6.54 Å². The molecular formula is C17H13N5O2. The fraction of sp³-hybridized carbons (Fsp3) is 0.0588. The molecule has 0 unspecified atom stereocenters. The van der Waals surface area contributed by atoms with Gasteiger partial charge in [-0.2, -0.15) is 4.98 Å². The topological polar surface area (TPSA) is 99.8 Å². The second-order valence-corrected chi connectivity index (χ2v) is 5.31. The van der Waals surface area contributed by atoms with Crippen molar-refractivity contribution in [3.05, 3.63) is 66.3 Å². The largest absolute Gasteiger partial charge is 0.366 e. The Kier molecular flexibility index (Phi) is 3.31. The highest BCUT2D eigenvalue weighted by Crippen LogP contribution is 2.18. The Bertz CT molecular complexity index is 1020. The Hall–Kier alpha value is -3.48. The number of hydrogen-bond acceptors (Lipinski definition) is 5. The minimum Gasteiger partial charge on any atom is -0.366 e. The molecule has 0 fully saturated rings. The molecule has 24 heavy (non-hydrogen) atoms. The average molecular weight is 319 g/mol. The number of benzene rings is 2. The standard InChI is InChI=1S/C17H13N5O2/c18-16(23)11-5-7-12(8-6-11)17-20-15(24-21-17)9-22-10-19-13-3-1-2-4-14(13)22/h1-8,10H,9H2,(H2,18,23). The summed E-state index contributed by atoms with van der Waals surface area (Å²) in [5.41, 5.74) is 8.34. The minimum atomic E-state index is -0.470. The molecule has 2 N–H and O–H groups in total. The van der Waals surface area contributed by atoms with E-state index in [1.165, 1.54) is 0 Å². The van der Waals surface area contributed by atoms with E-state index in [-0.39, 0.29) is 0 Å². The first kappa shape index (κ1) is 14.1. The second-order valence-electron chi connectivity index (χ2n) is 5.31. The van der Waals surface area contributed by atoms with Gasteiger partial charge in [-0.1, -0.05) is 29.4 Å². The number of nitrogens with two attached hydrogens (primary N) is 1. The van der Waals surface area contributed by atoms with Gasteiger partial charge in [0, 0.05) is 11.1 Å². The zero-order chi connectivity index (χ0) is 16.5. The van der Waals surface area contributed by atoms with Crippen molar-refractivity contribution in [2.45, 2.75) is 6.54 Å². The average Bonchev–Trinajstić information content (AvgIpc) is 3.23. The van der Waals surface area contributed by atoms with E-state index in [0.717, 1.165) is 16.6 Å². The maximum atomic E-state index is 11.1. The molecule has 0 aliphatic rings. The van der Waals surface area contributed by atoms with Crippen LogP contribution in [0.1, 0.15) is 16.2 Å². The van der Waals surface area contributed by atoms with E-state index in [1.54, 1.807) is 30.6 Å². The van der Waals surface area contributed by atoms with Crippen LogP contribution in [0.25, 0.3) is 22.4 Å². The number of primary amides is 1. The molecule has 7 heteroatoms. The highest BCUT2D eigenvalue weighted by molar-refractivity contribution is 5.93. The van der Waals surface area contributed by atoms with Gasteiger partial charge in [-0.05, 0) is 24.3 Å². The molecule has 7 nitrogen and oxygen atoms in total. The Labute approximate surface area is 136 Å². The van der Waals surface area contributed by atoms with E-state index in [9.17, 15) is 4.79 Å². The molecule has 0 aliphatic carbocycles. The Morgan fingerprint density at radius 3 is 2.71 bits per heavy atom. The van der Waals surface area contributed by atoms with Gasteiger partial charge in [0.15, 0.2) is 0 Å². The number of fused-ring (bicyclic) bond motifs is 1. The quantitative estimate of drug-likeness (QED) is 0.622. The van der Waals surface area contributed by atoms with Crippen LogP contribution in [0.15, 0.2) is 59.4 Å². The van der Waals surface area contributed by atoms with E-state index in [0.29, 0.717) is 23.8 Å². The third-order valence-corrected chi connectivity index (χ3v) is 3.73. The zero-order valence-electron chi connectivity index (χ0n) is 12.6. The van der Waals surface area contributed by atoms with Crippen molar-refractivity contribution in [1.82, 2.24) is 19.7 Å². The van der Waals surface area contributed by atoms with Gasteiger partial charge in [0.2, 0.25) is 17.6 Å². The number of aromatic nitrogens is 4. The molecule has 0 aliphatic heterocycles. The van der Waals surface area contributed by atoms with Crippen molar-refractivity contribution >= 4 is 16.9 Å². The van der Waals surface area contributed by atoms with Crippen molar-refractivity contribution in [2.24, 2.45) is 5.73 Å². The van der Waals surface area contributed by atoms with Crippen molar-refractivity contribution in [2.75, 3.05) is 0 Å². The summed E-state index contributed by atoms with van der Waals surface area (Å²) in [6.07, 6.45) is 1.75. The van der Waals surface area contributed by atoms with Gasteiger partial charge in [0.1, 0.15) is 6.54 Å². The molecule has 0 atom stereocenters. The molecule has 2 aromatic carbocycles. The highest BCUT2D eigenvalue weighted by atomic mass is 16.5. The summed E-state index contributed by atoms with van der Waals surface area (Å²) in [6, 6.07) is 14.6. The molecule has 2 heterocycles. The van der Waals surface area contributed by atoms with Crippen LogP contribution in [-0.4, -0.2) is 25.6 Å². The van der Waals surface area contributed by atoms with Gasteiger partial charge in [0.05, 0.1) is 17.4 Å². The number of rotatable bonds is 4. The molecule has 118 valence electrons. The predicted molar refractivity (Wildman–Crippen MR) is 87.1 cm³/mol. The van der Waals surface area contributed by atoms with Crippen molar-refractivity contribution in [3.63, 3.8) is 0 Å². The number of hydrogen-bond donors (Lipinski definition) is 1. The Balaban J connectivity index is 1.59. The minimum absolute atomic E-state index is 0.437. The summed E-state index contributed by atoms with van der Waals surface area (Å²) in [4.78, 5) is 19.8. The molecule has 0 saturated carbocycles. The number of para-hydroxylation sites is 2. The third kappa shape index (κ3) is 2.52. The second kappa shape index (κ2) is 5.62. The van der Waals surface area contributed by atoms with Crippen molar-refractivity contribution in [1.29, 1.82) is 0 Å². The van der Waals surface area contributed by atoms with Crippen LogP contribution in [0.2, 0.25) is 0 Å². The smallest absolute Gasteiger partial charge is 0.248 e. The van der Waals surface area contributed by atoms with E-state index in [2.05, 4.69) is 15.1 Å². The molecular weight excluding hydrogens is 306 g/mol. The summed E-state index contributed by atoms with van der Waals surface area (Å²) < 4.78 is 7.26. The molecule has 1 amide bonds. The molecule has 0 bridgehead atoms. The van der Waals surface area contributed by atoms with Crippen LogP contribution in [0, 0.1) is 0 Å². The first-order valence-corrected chi connectivity index (χ1v) is 7.33. The molecule has 2 aromatic heterocycles. The van der Waals surface area contributed by atoms with Crippen molar-refractivity contribution in [3.8, 4) is 11.4 Å². The van der Waals surface area contributed by atoms with Crippen LogP contribution in [0.4, 0.5) is 0 Å². The highest BCUT2D eigenvalue weighted by Gasteiger charge is 2.11. The molecule has 0 radical (unpaired) electrons. The van der Waals surface area contributed by atoms with Gasteiger partial charge in [-0.3, -0.25) is 4.79 Å². The van der Waals surface area contributed by atoms with E-state index < -0.39 is 5.91 Å². The number of carbonyl (C=O) groups excluding carboxylic acids is 1. The molecule has 0 saturated heterocycles. The van der Waals surface area contributed by atoms with Gasteiger partial charge in [-0.15, -0.1) is 0 Å². The van der Waals surface area contributed by atoms with Crippen LogP contribution < -0.4 is 5.73 Å². The van der Waals surface area contributed by atoms with E-state index in [1.807, 2.05) is 28.8 Å². The zero-order valence-corrected chi connectivity index (χ0v) is 12.6. The van der Waals surface area contributed by atoms with Gasteiger partial charge < -0.3 is 14.8 Å². The van der Waals surface area contributed by atoms with Crippen molar-refractivity contribution < 1.29 is 9.32 Å². The maximum absolute atomic E-state index is 11.1. The van der Waals surface area contributed by atoms with E-state index >= 15 is 0 Å². The number of imidazole rings is 1. The lowest BCUT2D eigenvalue weighted by atomic mass is 10.1. The molecule has 0 spiro atoms. The fourth-order valence-corrected chi connectivity index (χ4v) is 2.50. The first-order chi connectivity index (χ1) is 11.7. The lowest BCUT2D eigenvalue weighted by Crippen LogP contribution is -2.10. The summed E-state index contributed by atoms with van der Waals surface area (Å²) in [5.74, 6) is 0.472. The summed E-state index contributed by atoms with van der Waals surface area (Å²) in [5, 5.41) is 3.99. The Morgan fingerprint density at radius 1 is 1.12 bits per heavy atom. The lowest BCUT2D eigenvalue weighted by Gasteiger charge is -1.99. The summed E-state index contributed by atoms with van der Waals surface area (Å²) in [6.45, 7) is 0.437. The fourth-order valence-electron chi connectivity index (χ4n) is 2.50. The summed E-state index contributed by atoms with van der Waals surface area (Å²) >= 11 is 0. The van der Waals surface area contributed by atoms with Gasteiger partial charge in [0.25, 0.3) is 0 Å². The van der Waals surface area contributed by atoms with Gasteiger partial charge >= 0.3 is 0 Å². The summed E-state index contributed by atoms with van der Waals surface area (Å²) in [7, 11) is 0. The molecule has 4 aromatic rings. The SMILES string of the molecule is NC(=O)c1ccc(-c2noc(Cn3cnc4ccccc43)n2)cc1. The van der Waals surface area contributed by atoms with Crippen LogP contribution >= 0.6 is 0 Å². The van der Waals surface area contributed by atoms with Crippen LogP contribution in [0.3, 0.4) is 0 Å². The maximum Gasteiger partial charge on any atom is 0.248 e. The number of carbonyl (C=O) groups is 1. The normalized spacial score (nSPS) is 11.0. The van der Waals surface area contributed by atoms with Gasteiger partial charge in [-0.25, -0.2) is 4.98 Å². The monoisotopic (exact) mass is 319 g/mol. The van der Waals surface area contributed by atoms with E-state index in [4.69, 9.17) is 10.3 Å². The Morgan fingerprint density at radius 2 is 1.92 bits per heavy atom. The predicted octanol–water partition coefficient (Wildman–Crippen LogP) is 2.23. The number of nitrogens with zero attached hydrogens (tertiary/aromatic N) is 4. The third-order valence-electron chi connectivity index (χ3n) is 3.73.